The van der Waals surface area contributed by atoms with E-state index in [1.807, 2.05) is 0 Å². The number of rotatable bonds is 2. The van der Waals surface area contributed by atoms with Gasteiger partial charge in [-0.05, 0) is 6.92 Å². The topological polar surface area (TPSA) is 117 Å². The largest absolute Gasteiger partial charge is 0.411 e. The molecule has 1 fully saturated rings. The Labute approximate surface area is 101 Å². The Bertz CT molecular complexity index is 588. The van der Waals surface area contributed by atoms with E-state index in [9.17, 15) is 9.59 Å². The van der Waals surface area contributed by atoms with Crippen LogP contribution in [0.5, 0.6) is 0 Å². The number of aliphatic hydroxyl groups is 1. The lowest BCUT2D eigenvalue weighted by molar-refractivity contribution is -0.0153. The van der Waals surface area contributed by atoms with Crippen molar-refractivity contribution in [2.45, 2.75) is 25.7 Å². The van der Waals surface area contributed by atoms with Crippen molar-refractivity contribution in [3.63, 3.8) is 0 Å². The van der Waals surface area contributed by atoms with Gasteiger partial charge in [-0.3, -0.25) is 14.3 Å². The number of aromatic nitrogens is 2. The molecule has 1 aromatic heterocycles. The molecule has 2 rings (SSSR count). The molecule has 1 saturated heterocycles. The van der Waals surface area contributed by atoms with Gasteiger partial charge in [-0.15, -0.1) is 0 Å². The quantitative estimate of drug-likeness (QED) is 0.460. The molecule has 98 valence electrons. The predicted molar refractivity (Wildman–Crippen MR) is 60.9 cm³/mol. The van der Waals surface area contributed by atoms with E-state index in [0.29, 0.717) is 5.56 Å². The summed E-state index contributed by atoms with van der Waals surface area (Å²) in [6.45, 7) is 1.22. The molecule has 3 N–H and O–H groups in total. The lowest BCUT2D eigenvalue weighted by atomic mass is 10.2. The van der Waals surface area contributed by atoms with Crippen LogP contribution < -0.4 is 11.2 Å². The van der Waals surface area contributed by atoms with E-state index in [4.69, 9.17) is 15.1 Å². The van der Waals surface area contributed by atoms with Gasteiger partial charge >= 0.3 is 5.69 Å². The Morgan fingerprint density at radius 1 is 1.61 bits per heavy atom. The van der Waals surface area contributed by atoms with Crippen LogP contribution in [0.15, 0.2) is 20.9 Å². The summed E-state index contributed by atoms with van der Waals surface area (Å²) in [5.74, 6) is 0. The average molecular weight is 255 g/mol. The molecule has 0 radical (unpaired) electrons. The summed E-state index contributed by atoms with van der Waals surface area (Å²) in [6, 6.07) is 0. The highest BCUT2D eigenvalue weighted by molar-refractivity contribution is 5.90. The van der Waals surface area contributed by atoms with Gasteiger partial charge in [0.25, 0.3) is 5.56 Å². The summed E-state index contributed by atoms with van der Waals surface area (Å²) in [4.78, 5) is 25.0. The zero-order chi connectivity index (χ0) is 13.3. The van der Waals surface area contributed by atoms with Crippen molar-refractivity contribution in [1.29, 1.82) is 0 Å². The van der Waals surface area contributed by atoms with E-state index in [0.717, 1.165) is 0 Å². The number of ether oxygens (including phenoxy) is 1. The van der Waals surface area contributed by atoms with E-state index in [-0.39, 0.29) is 18.7 Å². The van der Waals surface area contributed by atoms with Gasteiger partial charge in [0.05, 0.1) is 12.3 Å². The molecule has 0 aromatic carbocycles. The second-order valence-electron chi connectivity index (χ2n) is 4.04. The Morgan fingerprint density at radius 3 is 2.89 bits per heavy atom. The lowest BCUT2D eigenvalue weighted by Crippen LogP contribution is -2.33. The van der Waals surface area contributed by atoms with Gasteiger partial charge in [0.2, 0.25) is 0 Å². The highest BCUT2D eigenvalue weighted by Crippen LogP contribution is 2.24. The first-order valence-electron chi connectivity index (χ1n) is 5.36. The van der Waals surface area contributed by atoms with Gasteiger partial charge in [-0.1, -0.05) is 5.16 Å². The second-order valence-corrected chi connectivity index (χ2v) is 4.04. The van der Waals surface area contributed by atoms with Gasteiger partial charge in [-0.2, -0.15) is 0 Å². The molecule has 8 nitrogen and oxygen atoms in total. The third-order valence-electron chi connectivity index (χ3n) is 2.83. The number of oxime groups is 1. The molecule has 8 heteroatoms. The first kappa shape index (κ1) is 12.5. The summed E-state index contributed by atoms with van der Waals surface area (Å²) >= 11 is 0. The van der Waals surface area contributed by atoms with Crippen molar-refractivity contribution in [2.75, 3.05) is 6.61 Å². The molecule has 1 aromatic rings. The molecule has 0 unspecified atom stereocenters. The maximum atomic E-state index is 11.6. The SMILES string of the molecule is Cc1cn([C@@H]2C/C(=N\O)[C@H](CO)O2)c(=O)[nH]c1=O. The van der Waals surface area contributed by atoms with Crippen LogP contribution in [-0.4, -0.2) is 38.3 Å². The number of nitrogens with one attached hydrogen (secondary N) is 1. The van der Waals surface area contributed by atoms with Crippen molar-refractivity contribution in [2.24, 2.45) is 5.16 Å². The normalized spacial score (nSPS) is 25.8. The third kappa shape index (κ3) is 2.07. The number of nitrogens with zero attached hydrogens (tertiary/aromatic N) is 2. The summed E-state index contributed by atoms with van der Waals surface area (Å²) in [6.07, 6.45) is 0.114. The van der Waals surface area contributed by atoms with E-state index >= 15 is 0 Å². The second kappa shape index (κ2) is 4.75. The van der Waals surface area contributed by atoms with E-state index in [1.54, 1.807) is 6.92 Å². The number of H-pyrrole nitrogens is 1. The first-order valence-corrected chi connectivity index (χ1v) is 5.36. The van der Waals surface area contributed by atoms with Crippen LogP contribution >= 0.6 is 0 Å². The van der Waals surface area contributed by atoms with Crippen LogP contribution in [0, 0.1) is 6.92 Å². The van der Waals surface area contributed by atoms with Crippen molar-refractivity contribution >= 4 is 5.71 Å². The van der Waals surface area contributed by atoms with Gasteiger partial charge in [0.15, 0.2) is 0 Å². The predicted octanol–water partition coefficient (Wildman–Crippen LogP) is -1.04. The van der Waals surface area contributed by atoms with Gasteiger partial charge in [-0.25, -0.2) is 4.79 Å². The van der Waals surface area contributed by atoms with Crippen molar-refractivity contribution < 1.29 is 15.1 Å². The van der Waals surface area contributed by atoms with Gasteiger partial charge < -0.3 is 15.1 Å². The highest BCUT2D eigenvalue weighted by Gasteiger charge is 2.33. The molecular weight excluding hydrogens is 242 g/mol. The van der Waals surface area contributed by atoms with Crippen LogP contribution in [-0.2, 0) is 4.74 Å². The molecule has 0 saturated carbocycles. The number of aromatic amines is 1. The third-order valence-corrected chi connectivity index (χ3v) is 2.83. The molecule has 1 aliphatic heterocycles. The lowest BCUT2D eigenvalue weighted by Gasteiger charge is -2.14. The number of aryl methyl sites for hydroxylation is 1. The summed E-state index contributed by atoms with van der Waals surface area (Å²) in [5.41, 5.74) is -0.429. The standard InChI is InChI=1S/C10H13N3O5/c1-5-3-13(10(16)11-9(5)15)8-2-6(12-17)7(4-14)18-8/h3,7-8,14,17H,2,4H2,1H3,(H,11,15,16)/b12-6+/t7-,8-/m0/s1. The smallest absolute Gasteiger partial charge is 0.330 e. The van der Waals surface area contributed by atoms with E-state index in [2.05, 4.69) is 10.1 Å². The molecule has 2 atom stereocenters. The fraction of sp³-hybridized carbons (Fsp3) is 0.500. The van der Waals surface area contributed by atoms with Crippen LogP contribution in [0.3, 0.4) is 0 Å². The first-order chi connectivity index (χ1) is 8.56. The highest BCUT2D eigenvalue weighted by atomic mass is 16.5. The molecule has 18 heavy (non-hydrogen) atoms. The minimum absolute atomic E-state index is 0.174. The number of hydrogen-bond acceptors (Lipinski definition) is 6. The molecule has 2 heterocycles. The van der Waals surface area contributed by atoms with Crippen LogP contribution in [0.1, 0.15) is 18.2 Å². The molecule has 0 bridgehead atoms. The van der Waals surface area contributed by atoms with E-state index < -0.39 is 23.6 Å². The summed E-state index contributed by atoms with van der Waals surface area (Å²) in [7, 11) is 0. The Kier molecular flexibility index (Phi) is 3.30. The maximum Gasteiger partial charge on any atom is 0.330 e. The Morgan fingerprint density at radius 2 is 2.33 bits per heavy atom. The zero-order valence-corrected chi connectivity index (χ0v) is 9.66. The molecule has 0 aliphatic carbocycles. The minimum atomic E-state index is -0.737. The van der Waals surface area contributed by atoms with Crippen LogP contribution in [0.25, 0.3) is 0 Å². The van der Waals surface area contributed by atoms with E-state index in [1.165, 1.54) is 10.8 Å². The van der Waals surface area contributed by atoms with Crippen LogP contribution in [0.2, 0.25) is 0 Å². The molecule has 0 amide bonds. The molecule has 1 aliphatic rings. The Hall–Kier alpha value is -1.93. The summed E-state index contributed by atoms with van der Waals surface area (Å²) in [5, 5.41) is 20.8. The number of aliphatic hydroxyl groups excluding tert-OH is 1. The average Bonchev–Trinajstić information content (AvgIpc) is 2.76. The van der Waals surface area contributed by atoms with Crippen LogP contribution in [0.4, 0.5) is 0 Å². The monoisotopic (exact) mass is 255 g/mol. The fourth-order valence-corrected chi connectivity index (χ4v) is 1.84. The summed E-state index contributed by atoms with van der Waals surface area (Å²) < 4.78 is 6.58. The van der Waals surface area contributed by atoms with Crippen molar-refractivity contribution in [1.82, 2.24) is 9.55 Å². The molecular formula is C10H13N3O5. The fourth-order valence-electron chi connectivity index (χ4n) is 1.84. The maximum absolute atomic E-state index is 11.6. The van der Waals surface area contributed by atoms with Crippen molar-refractivity contribution in [3.05, 3.63) is 32.6 Å². The van der Waals surface area contributed by atoms with Gasteiger partial charge in [0.1, 0.15) is 12.3 Å². The minimum Gasteiger partial charge on any atom is -0.411 e. The Balaban J connectivity index is 2.38. The zero-order valence-electron chi connectivity index (χ0n) is 9.66. The number of hydrogen-bond donors (Lipinski definition) is 3. The van der Waals surface area contributed by atoms with Gasteiger partial charge in [0, 0.05) is 18.2 Å². The van der Waals surface area contributed by atoms with Crippen molar-refractivity contribution in [3.8, 4) is 0 Å². The molecule has 0 spiro atoms.